The van der Waals surface area contributed by atoms with Gasteiger partial charge in [0, 0.05) is 31.0 Å². The fraction of sp³-hybridized carbons (Fsp3) is 0.412. The third kappa shape index (κ3) is 2.27. The molecule has 1 fully saturated rings. The number of anilines is 1. The Morgan fingerprint density at radius 1 is 1.40 bits per heavy atom. The molecule has 1 saturated heterocycles. The molecular formula is C17H16F2N4O2. The lowest BCUT2D eigenvalue weighted by atomic mass is 10.1. The molecule has 25 heavy (non-hydrogen) atoms. The fourth-order valence-electron chi connectivity index (χ4n) is 3.65. The lowest BCUT2D eigenvalue weighted by Gasteiger charge is -2.28. The standard InChI is InChI=1S/C17H16F2N4O2/c18-12-6-11-10(7-20)5-13(24)23-3-4-25-16(14(11)23)15(12)22-2-1-17(19,8-21)9-22/h5-6H,1-4,8-9,21H2. The van der Waals surface area contributed by atoms with Crippen LogP contribution in [0.3, 0.4) is 0 Å². The van der Waals surface area contributed by atoms with Crippen molar-refractivity contribution in [3.63, 3.8) is 0 Å². The largest absolute Gasteiger partial charge is 0.487 e. The van der Waals surface area contributed by atoms with Gasteiger partial charge in [0.2, 0.25) is 0 Å². The Morgan fingerprint density at radius 2 is 2.20 bits per heavy atom. The maximum absolute atomic E-state index is 14.9. The summed E-state index contributed by atoms with van der Waals surface area (Å²) in [6, 6.07) is 4.35. The van der Waals surface area contributed by atoms with Crippen molar-refractivity contribution >= 4 is 16.6 Å². The number of aromatic nitrogens is 1. The number of pyridine rings is 1. The van der Waals surface area contributed by atoms with Crippen molar-refractivity contribution in [2.45, 2.75) is 18.6 Å². The molecule has 0 bridgehead atoms. The summed E-state index contributed by atoms with van der Waals surface area (Å²) in [7, 11) is 0. The summed E-state index contributed by atoms with van der Waals surface area (Å²) in [5.41, 5.74) is 4.19. The molecule has 4 rings (SSSR count). The van der Waals surface area contributed by atoms with Crippen LogP contribution in [0, 0.1) is 17.1 Å². The number of nitriles is 1. The molecule has 1 unspecified atom stereocenters. The zero-order chi connectivity index (χ0) is 17.8. The Balaban J connectivity index is 1.99. The zero-order valence-corrected chi connectivity index (χ0v) is 13.4. The van der Waals surface area contributed by atoms with Gasteiger partial charge in [0.25, 0.3) is 5.56 Å². The smallest absolute Gasteiger partial charge is 0.252 e. The van der Waals surface area contributed by atoms with Crippen LogP contribution in [0.5, 0.6) is 5.75 Å². The van der Waals surface area contributed by atoms with E-state index in [1.165, 1.54) is 16.7 Å². The average Bonchev–Trinajstić information content (AvgIpc) is 3.00. The normalized spacial score (nSPS) is 22.1. The Labute approximate surface area is 142 Å². The minimum Gasteiger partial charge on any atom is -0.487 e. The Hall–Kier alpha value is -2.66. The minimum atomic E-state index is -1.57. The average molecular weight is 346 g/mol. The molecule has 0 radical (unpaired) electrons. The van der Waals surface area contributed by atoms with E-state index in [-0.39, 0.29) is 48.7 Å². The number of halogens is 2. The Bertz CT molecular complexity index is 981. The van der Waals surface area contributed by atoms with E-state index < -0.39 is 11.5 Å². The molecule has 1 aromatic carbocycles. The molecule has 1 atom stereocenters. The van der Waals surface area contributed by atoms with Crippen LogP contribution in [0.15, 0.2) is 16.9 Å². The zero-order valence-electron chi connectivity index (χ0n) is 13.4. The highest BCUT2D eigenvalue weighted by molar-refractivity contribution is 5.95. The van der Waals surface area contributed by atoms with Gasteiger partial charge in [-0.3, -0.25) is 4.79 Å². The molecule has 1 aromatic heterocycles. The van der Waals surface area contributed by atoms with Crippen LogP contribution in [0.25, 0.3) is 10.9 Å². The number of rotatable bonds is 2. The second kappa shape index (κ2) is 5.43. The third-order valence-corrected chi connectivity index (χ3v) is 4.94. The van der Waals surface area contributed by atoms with Crippen LogP contribution in [0.4, 0.5) is 14.5 Å². The SMILES string of the molecule is N#Cc1cc(=O)n2c3c(c(N4CCC(F)(CN)C4)c(F)cc13)OCC2. The first-order chi connectivity index (χ1) is 12.0. The van der Waals surface area contributed by atoms with Gasteiger partial charge < -0.3 is 19.9 Å². The van der Waals surface area contributed by atoms with E-state index in [1.807, 2.05) is 6.07 Å². The Morgan fingerprint density at radius 3 is 2.88 bits per heavy atom. The van der Waals surface area contributed by atoms with E-state index in [9.17, 15) is 18.8 Å². The second-order valence-electron chi connectivity index (χ2n) is 6.47. The van der Waals surface area contributed by atoms with Crippen LogP contribution in [-0.4, -0.2) is 36.5 Å². The van der Waals surface area contributed by atoms with E-state index >= 15 is 0 Å². The van der Waals surface area contributed by atoms with Crippen LogP contribution in [0.1, 0.15) is 12.0 Å². The van der Waals surface area contributed by atoms with Gasteiger partial charge in [0.1, 0.15) is 24.0 Å². The number of nitrogens with two attached hydrogens (primary N) is 1. The molecule has 8 heteroatoms. The minimum absolute atomic E-state index is 0.0372. The molecule has 2 aliphatic rings. The van der Waals surface area contributed by atoms with Gasteiger partial charge in [-0.15, -0.1) is 0 Å². The molecule has 2 aromatic rings. The molecular weight excluding hydrogens is 330 g/mol. The summed E-state index contributed by atoms with van der Waals surface area (Å²) in [6.45, 7) is 0.641. The van der Waals surface area contributed by atoms with Crippen LogP contribution in [0.2, 0.25) is 0 Å². The van der Waals surface area contributed by atoms with Gasteiger partial charge in [-0.1, -0.05) is 0 Å². The molecule has 0 spiro atoms. The van der Waals surface area contributed by atoms with Crippen molar-refractivity contribution in [2.75, 3.05) is 31.1 Å². The highest BCUT2D eigenvalue weighted by Crippen LogP contribution is 2.43. The lowest BCUT2D eigenvalue weighted by Crippen LogP contribution is -2.37. The van der Waals surface area contributed by atoms with Crippen LogP contribution < -0.4 is 20.9 Å². The van der Waals surface area contributed by atoms with E-state index in [2.05, 4.69) is 0 Å². The van der Waals surface area contributed by atoms with Gasteiger partial charge >= 0.3 is 0 Å². The molecule has 2 N–H and O–H groups in total. The van der Waals surface area contributed by atoms with E-state index in [0.29, 0.717) is 24.0 Å². The predicted octanol–water partition coefficient (Wildman–Crippen LogP) is 1.28. The number of hydrogen-bond acceptors (Lipinski definition) is 5. The van der Waals surface area contributed by atoms with E-state index in [4.69, 9.17) is 10.5 Å². The van der Waals surface area contributed by atoms with Gasteiger partial charge in [-0.2, -0.15) is 5.26 Å². The molecule has 6 nitrogen and oxygen atoms in total. The summed E-state index contributed by atoms with van der Waals surface area (Å²) in [5, 5.41) is 9.59. The van der Waals surface area contributed by atoms with Crippen LogP contribution >= 0.6 is 0 Å². The van der Waals surface area contributed by atoms with Gasteiger partial charge in [-0.05, 0) is 6.07 Å². The van der Waals surface area contributed by atoms with Crippen molar-refractivity contribution in [3.8, 4) is 11.8 Å². The maximum Gasteiger partial charge on any atom is 0.252 e. The lowest BCUT2D eigenvalue weighted by molar-refractivity contribution is 0.203. The molecule has 0 amide bonds. The first kappa shape index (κ1) is 15.8. The molecule has 2 aliphatic heterocycles. The van der Waals surface area contributed by atoms with E-state index in [0.717, 1.165) is 0 Å². The topological polar surface area (TPSA) is 84.3 Å². The number of benzene rings is 1. The summed E-state index contributed by atoms with van der Waals surface area (Å²) in [4.78, 5) is 13.8. The van der Waals surface area contributed by atoms with Crippen molar-refractivity contribution < 1.29 is 13.5 Å². The summed E-state index contributed by atoms with van der Waals surface area (Å²) < 4.78 is 36.5. The quantitative estimate of drug-likeness (QED) is 0.886. The fourth-order valence-corrected chi connectivity index (χ4v) is 3.65. The molecule has 130 valence electrons. The van der Waals surface area contributed by atoms with Crippen molar-refractivity contribution in [2.24, 2.45) is 5.73 Å². The van der Waals surface area contributed by atoms with Crippen molar-refractivity contribution in [3.05, 3.63) is 33.9 Å². The molecule has 3 heterocycles. The predicted molar refractivity (Wildman–Crippen MR) is 88.1 cm³/mol. The number of ether oxygens (including phenoxy) is 1. The van der Waals surface area contributed by atoms with E-state index in [1.54, 1.807) is 4.90 Å². The summed E-state index contributed by atoms with van der Waals surface area (Å²) >= 11 is 0. The number of alkyl halides is 1. The monoisotopic (exact) mass is 346 g/mol. The van der Waals surface area contributed by atoms with Crippen molar-refractivity contribution in [1.29, 1.82) is 5.26 Å². The second-order valence-corrected chi connectivity index (χ2v) is 6.47. The highest BCUT2D eigenvalue weighted by Gasteiger charge is 2.40. The van der Waals surface area contributed by atoms with Crippen LogP contribution in [-0.2, 0) is 6.54 Å². The molecule has 0 aliphatic carbocycles. The number of hydrogen-bond donors (Lipinski definition) is 1. The summed E-state index contributed by atoms with van der Waals surface area (Å²) in [5.74, 6) is -0.413. The van der Waals surface area contributed by atoms with Gasteiger partial charge in [0.15, 0.2) is 11.6 Å². The van der Waals surface area contributed by atoms with Crippen molar-refractivity contribution in [1.82, 2.24) is 4.57 Å². The summed E-state index contributed by atoms with van der Waals surface area (Å²) in [6.07, 6.45) is 0.200. The Kier molecular flexibility index (Phi) is 3.44. The highest BCUT2D eigenvalue weighted by atomic mass is 19.1. The van der Waals surface area contributed by atoms with Gasteiger partial charge in [0.05, 0.1) is 24.2 Å². The number of nitrogens with zero attached hydrogens (tertiary/aromatic N) is 3. The maximum atomic E-state index is 14.9. The first-order valence-electron chi connectivity index (χ1n) is 8.04. The molecule has 0 saturated carbocycles. The third-order valence-electron chi connectivity index (χ3n) is 4.94. The first-order valence-corrected chi connectivity index (χ1v) is 8.04. The van der Waals surface area contributed by atoms with Gasteiger partial charge in [-0.25, -0.2) is 8.78 Å².